The highest BCUT2D eigenvalue weighted by atomic mass is 16.7. The van der Waals surface area contributed by atoms with Gasteiger partial charge < -0.3 is 18.9 Å². The highest BCUT2D eigenvalue weighted by molar-refractivity contribution is 5.87. The van der Waals surface area contributed by atoms with Crippen LogP contribution < -0.4 is 16.6 Å². The minimum atomic E-state index is -1.43. The molecule has 0 unspecified atom stereocenters. The quantitative estimate of drug-likeness (QED) is 0.336. The molecule has 33 heavy (non-hydrogen) atoms. The predicted octanol–water partition coefficient (Wildman–Crippen LogP) is -1.30. The van der Waals surface area contributed by atoms with Crippen molar-refractivity contribution in [2.45, 2.75) is 52.2 Å². The summed E-state index contributed by atoms with van der Waals surface area (Å²) in [5, 5.41) is 2.30. The van der Waals surface area contributed by atoms with Crippen molar-refractivity contribution >= 4 is 40.9 Å². The number of hydrogen-bond acceptors (Lipinski definition) is 11. The van der Waals surface area contributed by atoms with Crippen molar-refractivity contribution < 1.29 is 38.1 Å². The molecule has 15 nitrogen and oxygen atoms in total. The number of nitrogens with one attached hydrogen (secondary N) is 3. The molecular weight excluding hydrogens is 446 g/mol. The molecule has 3 rings (SSSR count). The number of nitrogens with zero attached hydrogens (tertiary/aromatic N) is 2. The van der Waals surface area contributed by atoms with E-state index in [1.165, 1.54) is 6.92 Å². The van der Waals surface area contributed by atoms with E-state index in [1.807, 2.05) is 0 Å². The Morgan fingerprint density at radius 3 is 2.21 bits per heavy atom. The third-order valence-electron chi connectivity index (χ3n) is 4.47. The van der Waals surface area contributed by atoms with Gasteiger partial charge in [-0.05, 0) is 0 Å². The Morgan fingerprint density at radius 1 is 1.00 bits per heavy atom. The second-order valence-corrected chi connectivity index (χ2v) is 7.11. The van der Waals surface area contributed by atoms with E-state index < -0.39 is 59.6 Å². The second-order valence-electron chi connectivity index (χ2n) is 7.11. The molecule has 2 aromatic rings. The van der Waals surface area contributed by atoms with Crippen LogP contribution in [0.5, 0.6) is 0 Å². The van der Waals surface area contributed by atoms with Crippen molar-refractivity contribution in [3.05, 3.63) is 20.8 Å². The summed E-state index contributed by atoms with van der Waals surface area (Å²) < 4.78 is 22.2. The van der Waals surface area contributed by atoms with Crippen molar-refractivity contribution in [2.24, 2.45) is 0 Å². The predicted molar refractivity (Wildman–Crippen MR) is 107 cm³/mol. The number of esters is 3. The average Bonchev–Trinajstić information content (AvgIpc) is 3.16. The Bertz CT molecular complexity index is 1230. The number of aromatic amines is 2. The summed E-state index contributed by atoms with van der Waals surface area (Å²) in [6.45, 7) is 4.16. The van der Waals surface area contributed by atoms with Crippen molar-refractivity contribution in [1.29, 1.82) is 0 Å². The summed E-state index contributed by atoms with van der Waals surface area (Å²) in [4.78, 5) is 79.9. The lowest BCUT2D eigenvalue weighted by atomic mass is 10.1. The van der Waals surface area contributed by atoms with Gasteiger partial charge in [0.05, 0.1) is 0 Å². The molecule has 4 atom stereocenters. The summed E-state index contributed by atoms with van der Waals surface area (Å²) in [6, 6.07) is 0. The van der Waals surface area contributed by atoms with Gasteiger partial charge in [0.15, 0.2) is 29.6 Å². The van der Waals surface area contributed by atoms with E-state index in [-0.39, 0.29) is 23.7 Å². The third kappa shape index (κ3) is 5.08. The number of rotatable bonds is 6. The summed E-state index contributed by atoms with van der Waals surface area (Å²) >= 11 is 0. The molecule has 1 amide bonds. The number of imidazole rings is 1. The first-order valence-corrected chi connectivity index (χ1v) is 9.63. The van der Waals surface area contributed by atoms with Crippen molar-refractivity contribution in [2.75, 3.05) is 11.9 Å². The fraction of sp³-hybridized carbons (Fsp3) is 0.500. The Morgan fingerprint density at radius 2 is 1.64 bits per heavy atom. The van der Waals surface area contributed by atoms with Crippen LogP contribution in [-0.2, 0) is 38.1 Å². The molecule has 1 saturated heterocycles. The SMILES string of the molecule is CC(=O)Nc1nc2c([nH]c(=O)n2[C@@H]2O[C@H](COC(C)=O)[C@@H](OC(C)=O)[C@H]2OC(C)=O)c(=O)[nH]1. The van der Waals surface area contributed by atoms with E-state index in [0.29, 0.717) is 0 Å². The number of carbonyl (C=O) groups excluding carboxylic acids is 4. The van der Waals surface area contributed by atoms with Gasteiger partial charge in [-0.2, -0.15) is 4.98 Å². The van der Waals surface area contributed by atoms with E-state index in [0.717, 1.165) is 25.3 Å². The number of anilines is 1. The van der Waals surface area contributed by atoms with Gasteiger partial charge >= 0.3 is 23.6 Å². The maximum atomic E-state index is 12.8. The van der Waals surface area contributed by atoms with Gasteiger partial charge in [0.1, 0.15) is 12.7 Å². The van der Waals surface area contributed by atoms with Crippen LogP contribution in [0.25, 0.3) is 11.2 Å². The fourth-order valence-corrected chi connectivity index (χ4v) is 3.37. The van der Waals surface area contributed by atoms with Gasteiger partial charge in [0.25, 0.3) is 5.56 Å². The minimum Gasteiger partial charge on any atom is -0.463 e. The number of fused-ring (bicyclic) bond motifs is 1. The van der Waals surface area contributed by atoms with Crippen molar-refractivity contribution in [1.82, 2.24) is 19.5 Å². The lowest BCUT2D eigenvalue weighted by Crippen LogP contribution is -2.41. The summed E-state index contributed by atoms with van der Waals surface area (Å²) in [5.41, 5.74) is -2.11. The van der Waals surface area contributed by atoms with Gasteiger partial charge in [0.2, 0.25) is 11.9 Å². The fourth-order valence-electron chi connectivity index (χ4n) is 3.37. The number of ether oxygens (including phenoxy) is 4. The number of carbonyl (C=O) groups is 4. The van der Waals surface area contributed by atoms with E-state index in [4.69, 9.17) is 18.9 Å². The highest BCUT2D eigenvalue weighted by Gasteiger charge is 2.51. The Balaban J connectivity index is 2.15. The Labute approximate surface area is 184 Å². The van der Waals surface area contributed by atoms with Crippen molar-refractivity contribution in [3.8, 4) is 0 Å². The Kier molecular flexibility index (Phi) is 6.62. The molecule has 3 heterocycles. The number of aromatic nitrogens is 4. The maximum Gasteiger partial charge on any atom is 0.330 e. The molecule has 0 aliphatic carbocycles. The average molecular weight is 467 g/mol. The van der Waals surface area contributed by atoms with E-state index in [2.05, 4.69) is 20.3 Å². The van der Waals surface area contributed by atoms with Crippen LogP contribution in [-0.4, -0.2) is 68.3 Å². The van der Waals surface area contributed by atoms with Crippen LogP contribution in [0.15, 0.2) is 9.59 Å². The van der Waals surface area contributed by atoms with Crippen LogP contribution in [0, 0.1) is 0 Å². The molecule has 2 aromatic heterocycles. The first kappa shape index (κ1) is 23.6. The van der Waals surface area contributed by atoms with Crippen LogP contribution >= 0.6 is 0 Å². The minimum absolute atomic E-state index is 0.232. The lowest BCUT2D eigenvalue weighted by molar-refractivity contribution is -0.166. The van der Waals surface area contributed by atoms with E-state index in [9.17, 15) is 28.8 Å². The number of amides is 1. The molecule has 0 radical (unpaired) electrons. The summed E-state index contributed by atoms with van der Waals surface area (Å²) in [6.07, 6.45) is -5.18. The molecule has 0 saturated carbocycles. The topological polar surface area (TPSA) is 201 Å². The normalized spacial score (nSPS) is 22.1. The van der Waals surface area contributed by atoms with E-state index in [1.54, 1.807) is 0 Å². The van der Waals surface area contributed by atoms with Crippen LogP contribution in [0.4, 0.5) is 5.95 Å². The third-order valence-corrected chi connectivity index (χ3v) is 4.47. The van der Waals surface area contributed by atoms with Gasteiger partial charge in [-0.15, -0.1) is 0 Å². The monoisotopic (exact) mass is 467 g/mol. The van der Waals surface area contributed by atoms with Crippen molar-refractivity contribution in [3.63, 3.8) is 0 Å². The second kappa shape index (κ2) is 9.23. The molecule has 1 fully saturated rings. The first-order chi connectivity index (χ1) is 15.5. The van der Waals surface area contributed by atoms with E-state index >= 15 is 0 Å². The zero-order valence-corrected chi connectivity index (χ0v) is 18.0. The Hall–Kier alpha value is -4.01. The number of hydrogen-bond donors (Lipinski definition) is 3. The largest absolute Gasteiger partial charge is 0.463 e. The molecule has 0 spiro atoms. The zero-order chi connectivity index (χ0) is 24.4. The molecule has 1 aliphatic rings. The molecule has 1 aliphatic heterocycles. The van der Waals surface area contributed by atoms with Gasteiger partial charge in [-0.3, -0.25) is 39.3 Å². The highest BCUT2D eigenvalue weighted by Crippen LogP contribution is 2.34. The van der Waals surface area contributed by atoms with Crippen LogP contribution in [0.1, 0.15) is 33.9 Å². The number of H-pyrrole nitrogens is 2. The van der Waals surface area contributed by atoms with Gasteiger partial charge in [0, 0.05) is 27.7 Å². The summed E-state index contributed by atoms with van der Waals surface area (Å²) in [7, 11) is 0. The maximum absolute atomic E-state index is 12.8. The smallest absolute Gasteiger partial charge is 0.330 e. The standard InChI is InChI=1S/C18H21N5O10/c1-6(24)19-17-21-14-11(15(28)22-17)20-18(29)23(14)16-13(32-9(4)27)12(31-8(3)26)10(33-16)5-30-7(2)25/h10,12-13,16H,5H2,1-4H3,(H,20,29)(H2,19,21,22,24,28)/t10-,12-,13-,16-/m1/s1. The first-order valence-electron chi connectivity index (χ1n) is 9.63. The molecule has 0 bridgehead atoms. The molecule has 0 aromatic carbocycles. The molecular formula is C18H21N5O10. The van der Waals surface area contributed by atoms with Gasteiger partial charge in [-0.25, -0.2) is 9.36 Å². The summed E-state index contributed by atoms with van der Waals surface area (Å²) in [5.74, 6) is -2.96. The molecule has 178 valence electrons. The molecule has 15 heteroatoms. The van der Waals surface area contributed by atoms with Crippen LogP contribution in [0.2, 0.25) is 0 Å². The molecule has 3 N–H and O–H groups in total. The lowest BCUT2D eigenvalue weighted by Gasteiger charge is -2.23. The zero-order valence-electron chi connectivity index (χ0n) is 18.0. The van der Waals surface area contributed by atoms with Crippen LogP contribution in [0.3, 0.4) is 0 Å². The van der Waals surface area contributed by atoms with Gasteiger partial charge in [-0.1, -0.05) is 0 Å².